The van der Waals surface area contributed by atoms with Gasteiger partial charge in [0, 0.05) is 24.5 Å². The quantitative estimate of drug-likeness (QED) is 0.819. The summed E-state index contributed by atoms with van der Waals surface area (Å²) in [5.74, 6) is 1.62. The summed E-state index contributed by atoms with van der Waals surface area (Å²) in [4.78, 5) is 14.5. The third kappa shape index (κ3) is 6.24. The summed E-state index contributed by atoms with van der Waals surface area (Å²) in [6, 6.07) is 7.65. The van der Waals surface area contributed by atoms with Crippen LogP contribution in [0.3, 0.4) is 0 Å². The van der Waals surface area contributed by atoms with Crippen LogP contribution in [-0.2, 0) is 4.79 Å². The number of hydrogen-bond donors (Lipinski definition) is 2. The lowest BCUT2D eigenvalue weighted by Gasteiger charge is -2.32. The zero-order valence-electron chi connectivity index (χ0n) is 14.0. The molecule has 1 fully saturated rings. The van der Waals surface area contributed by atoms with E-state index in [1.807, 2.05) is 18.4 Å². The Morgan fingerprint density at radius 3 is 2.78 bits per heavy atom. The number of benzene rings is 1. The molecule has 3 N–H and O–H groups in total. The van der Waals surface area contributed by atoms with Crippen molar-refractivity contribution >= 4 is 41.5 Å². The summed E-state index contributed by atoms with van der Waals surface area (Å²) < 4.78 is 0. The average molecular weight is 358 g/mol. The van der Waals surface area contributed by atoms with Gasteiger partial charge in [-0.1, -0.05) is 13.0 Å². The summed E-state index contributed by atoms with van der Waals surface area (Å²) >= 11 is 1.71. The van der Waals surface area contributed by atoms with Crippen molar-refractivity contribution in [3.63, 3.8) is 0 Å². The van der Waals surface area contributed by atoms with Crippen LogP contribution in [0.1, 0.15) is 26.2 Å². The minimum atomic E-state index is -0.438. The number of thioether (sulfide) groups is 1. The molecule has 0 aliphatic carbocycles. The molecular formula is C17H28ClN3OS. The van der Waals surface area contributed by atoms with Crippen molar-refractivity contribution in [1.82, 2.24) is 0 Å². The fraction of sp³-hybridized carbons (Fsp3) is 0.588. The van der Waals surface area contributed by atoms with Gasteiger partial charge in [0.2, 0.25) is 5.91 Å². The van der Waals surface area contributed by atoms with Crippen molar-refractivity contribution in [3.8, 4) is 0 Å². The SMILES string of the molecule is CSCC[C@H](N)C(=O)Nc1cccc(N2CCC(C)CC2)c1.Cl. The first kappa shape index (κ1) is 20.1. The van der Waals surface area contributed by atoms with Gasteiger partial charge in [-0.05, 0) is 55.4 Å². The Kier molecular flexibility index (Phi) is 8.81. The molecule has 6 heteroatoms. The molecule has 23 heavy (non-hydrogen) atoms. The zero-order valence-corrected chi connectivity index (χ0v) is 15.6. The van der Waals surface area contributed by atoms with Crippen molar-refractivity contribution in [2.24, 2.45) is 11.7 Å². The highest BCUT2D eigenvalue weighted by Gasteiger charge is 2.17. The Labute approximate surface area is 150 Å². The minimum Gasteiger partial charge on any atom is -0.371 e. The second-order valence-electron chi connectivity index (χ2n) is 6.10. The van der Waals surface area contributed by atoms with Gasteiger partial charge in [-0.25, -0.2) is 0 Å². The number of amides is 1. The van der Waals surface area contributed by atoms with E-state index in [2.05, 4.69) is 29.3 Å². The standard InChI is InChI=1S/C17H27N3OS.ClH/c1-13-6-9-20(10-7-13)15-5-3-4-14(12-15)19-17(21)16(18)8-11-22-2;/h3-5,12-13,16H,6-11,18H2,1-2H3,(H,19,21);1H/t16-;/m0./s1. The van der Waals surface area contributed by atoms with E-state index < -0.39 is 6.04 Å². The van der Waals surface area contributed by atoms with Crippen LogP contribution in [0.25, 0.3) is 0 Å². The average Bonchev–Trinajstić information content (AvgIpc) is 2.53. The first-order valence-electron chi connectivity index (χ1n) is 8.00. The Morgan fingerprint density at radius 1 is 1.43 bits per heavy atom. The fourth-order valence-electron chi connectivity index (χ4n) is 2.66. The van der Waals surface area contributed by atoms with Gasteiger partial charge in [-0.15, -0.1) is 12.4 Å². The van der Waals surface area contributed by atoms with Gasteiger partial charge in [-0.3, -0.25) is 4.79 Å². The second kappa shape index (κ2) is 10.1. The largest absolute Gasteiger partial charge is 0.371 e. The smallest absolute Gasteiger partial charge is 0.241 e. The van der Waals surface area contributed by atoms with Gasteiger partial charge in [0.1, 0.15) is 0 Å². The molecule has 1 saturated heterocycles. The number of nitrogens with two attached hydrogens (primary N) is 1. The molecule has 0 spiro atoms. The number of hydrogen-bond acceptors (Lipinski definition) is 4. The number of nitrogens with one attached hydrogen (secondary N) is 1. The summed E-state index contributed by atoms with van der Waals surface area (Å²) in [6.45, 7) is 4.49. The second-order valence-corrected chi connectivity index (χ2v) is 7.08. The van der Waals surface area contributed by atoms with E-state index in [-0.39, 0.29) is 18.3 Å². The van der Waals surface area contributed by atoms with E-state index in [9.17, 15) is 4.79 Å². The normalized spacial score (nSPS) is 16.6. The monoisotopic (exact) mass is 357 g/mol. The highest BCUT2D eigenvalue weighted by molar-refractivity contribution is 7.98. The molecule has 0 aromatic heterocycles. The van der Waals surface area contributed by atoms with Crippen molar-refractivity contribution in [1.29, 1.82) is 0 Å². The molecule has 0 radical (unpaired) electrons. The van der Waals surface area contributed by atoms with Crippen LogP contribution in [-0.4, -0.2) is 37.0 Å². The highest BCUT2D eigenvalue weighted by Crippen LogP contribution is 2.25. The highest BCUT2D eigenvalue weighted by atomic mass is 35.5. The fourth-order valence-corrected chi connectivity index (χ4v) is 3.15. The Balaban J connectivity index is 0.00000264. The lowest BCUT2D eigenvalue weighted by molar-refractivity contribution is -0.117. The number of halogens is 1. The maximum Gasteiger partial charge on any atom is 0.241 e. The maximum atomic E-state index is 12.1. The molecule has 1 aliphatic rings. The van der Waals surface area contributed by atoms with Crippen LogP contribution in [0.5, 0.6) is 0 Å². The number of carbonyl (C=O) groups excluding carboxylic acids is 1. The molecule has 1 amide bonds. The van der Waals surface area contributed by atoms with Gasteiger partial charge < -0.3 is 16.0 Å². The molecule has 0 saturated carbocycles. The number of piperidine rings is 1. The maximum absolute atomic E-state index is 12.1. The molecule has 1 aliphatic heterocycles. The molecule has 1 atom stereocenters. The van der Waals surface area contributed by atoms with E-state index in [0.717, 1.165) is 30.4 Å². The third-order valence-electron chi connectivity index (χ3n) is 4.23. The zero-order chi connectivity index (χ0) is 15.9. The van der Waals surface area contributed by atoms with E-state index >= 15 is 0 Å². The van der Waals surface area contributed by atoms with Crippen LogP contribution in [0.2, 0.25) is 0 Å². The summed E-state index contributed by atoms with van der Waals surface area (Å²) in [7, 11) is 0. The van der Waals surface area contributed by atoms with Crippen LogP contribution in [0.15, 0.2) is 24.3 Å². The summed E-state index contributed by atoms with van der Waals surface area (Å²) in [6.07, 6.45) is 5.19. The van der Waals surface area contributed by atoms with E-state index in [0.29, 0.717) is 6.42 Å². The van der Waals surface area contributed by atoms with Gasteiger partial charge in [0.25, 0.3) is 0 Å². The minimum absolute atomic E-state index is 0. The molecule has 1 aromatic rings. The molecule has 4 nitrogen and oxygen atoms in total. The van der Waals surface area contributed by atoms with E-state index in [4.69, 9.17) is 5.73 Å². The number of rotatable bonds is 6. The van der Waals surface area contributed by atoms with Gasteiger partial charge >= 0.3 is 0 Å². The molecular weight excluding hydrogens is 330 g/mol. The predicted octanol–water partition coefficient (Wildman–Crippen LogP) is 3.36. The molecule has 1 aromatic carbocycles. The third-order valence-corrected chi connectivity index (χ3v) is 4.88. The lowest BCUT2D eigenvalue weighted by atomic mass is 9.99. The first-order valence-corrected chi connectivity index (χ1v) is 9.40. The van der Waals surface area contributed by atoms with Crippen LogP contribution in [0, 0.1) is 5.92 Å². The Hall–Kier alpha value is -0.910. The van der Waals surface area contributed by atoms with Crippen molar-refractivity contribution in [2.45, 2.75) is 32.2 Å². The molecule has 2 rings (SSSR count). The molecule has 130 valence electrons. The molecule has 1 heterocycles. The van der Waals surface area contributed by atoms with Gasteiger partial charge in [-0.2, -0.15) is 11.8 Å². The molecule has 0 bridgehead atoms. The Morgan fingerprint density at radius 2 is 2.13 bits per heavy atom. The van der Waals surface area contributed by atoms with Crippen molar-refractivity contribution in [2.75, 3.05) is 35.3 Å². The number of nitrogens with zero attached hydrogens (tertiary/aromatic N) is 1. The van der Waals surface area contributed by atoms with E-state index in [1.54, 1.807) is 11.8 Å². The number of anilines is 2. The van der Waals surface area contributed by atoms with Crippen LogP contribution in [0.4, 0.5) is 11.4 Å². The van der Waals surface area contributed by atoms with Gasteiger partial charge in [0.05, 0.1) is 6.04 Å². The summed E-state index contributed by atoms with van der Waals surface area (Å²) in [5, 5.41) is 2.94. The van der Waals surface area contributed by atoms with Gasteiger partial charge in [0.15, 0.2) is 0 Å². The molecule has 0 unspecified atom stereocenters. The first-order chi connectivity index (χ1) is 10.6. The topological polar surface area (TPSA) is 58.4 Å². The lowest BCUT2D eigenvalue weighted by Crippen LogP contribution is -2.36. The van der Waals surface area contributed by atoms with Crippen molar-refractivity contribution in [3.05, 3.63) is 24.3 Å². The van der Waals surface area contributed by atoms with Crippen molar-refractivity contribution < 1.29 is 4.79 Å². The number of carbonyl (C=O) groups is 1. The summed E-state index contributed by atoms with van der Waals surface area (Å²) in [5.41, 5.74) is 7.93. The van der Waals surface area contributed by atoms with Crippen LogP contribution < -0.4 is 16.0 Å². The van der Waals surface area contributed by atoms with Crippen LogP contribution >= 0.6 is 24.2 Å². The van der Waals surface area contributed by atoms with E-state index in [1.165, 1.54) is 18.5 Å². The predicted molar refractivity (Wildman–Crippen MR) is 104 cm³/mol. The Bertz CT molecular complexity index is 492.